The summed E-state index contributed by atoms with van der Waals surface area (Å²) in [6.45, 7) is 2.37. The second kappa shape index (κ2) is 7.42. The molecule has 2 atom stereocenters. The number of fused-ring (bicyclic) bond motifs is 1. The third-order valence-corrected chi connectivity index (χ3v) is 5.91. The molecule has 0 aliphatic carbocycles. The number of nitrogens with zero attached hydrogens (tertiary/aromatic N) is 1. The van der Waals surface area contributed by atoms with Gasteiger partial charge in [0.1, 0.15) is 5.60 Å². The Balaban J connectivity index is 2.08. The molecule has 0 radical (unpaired) electrons. The molecule has 0 saturated carbocycles. The lowest BCUT2D eigenvalue weighted by Crippen LogP contribution is -2.34. The molecule has 3 aromatic carbocycles. The molecule has 2 unspecified atom stereocenters. The zero-order valence-electron chi connectivity index (χ0n) is 16.6. The maximum absolute atomic E-state index is 11.3. The average Bonchev–Trinajstić information content (AvgIpc) is 2.91. The number of hydrogen-bond acceptors (Lipinski definition) is 3. The number of ether oxygens (including phenoxy) is 1. The normalized spacial score (nSPS) is 23.4. The van der Waals surface area contributed by atoms with E-state index in [9.17, 15) is 5.11 Å². The quantitative estimate of drug-likeness (QED) is 0.592. The fourth-order valence-electron chi connectivity index (χ4n) is 4.29. The Labute approximate surface area is 181 Å². The van der Waals surface area contributed by atoms with E-state index in [1.165, 1.54) is 0 Å². The first-order valence-electron chi connectivity index (χ1n) is 9.47. The van der Waals surface area contributed by atoms with E-state index in [1.807, 2.05) is 62.6 Å². The molecule has 1 N–H and O–H groups in total. The molecule has 3 aromatic rings. The number of rotatable bonds is 4. The summed E-state index contributed by atoms with van der Waals surface area (Å²) in [6.07, 6.45) is 0. The van der Waals surface area contributed by atoms with Gasteiger partial charge in [-0.3, -0.25) is 0 Å². The molecule has 4 rings (SSSR count). The van der Waals surface area contributed by atoms with Crippen LogP contribution in [0, 0.1) is 0 Å². The van der Waals surface area contributed by atoms with Crippen molar-refractivity contribution >= 4 is 23.2 Å². The highest BCUT2D eigenvalue weighted by Gasteiger charge is 2.54. The standard InChI is InChI=1S/C24H23Cl2NO2/c1-23(28)22-20(9-6-10-21(22)26)24(29-23,17-11-13-18(25)14-12-17)19-8-5-4-7-16(19)15-27(2)3/h4-14,28H,15H2,1-3H3. The number of benzene rings is 3. The Morgan fingerprint density at radius 1 is 0.897 bits per heavy atom. The van der Waals surface area contributed by atoms with E-state index in [0.29, 0.717) is 15.6 Å². The fourth-order valence-corrected chi connectivity index (χ4v) is 4.77. The molecular formula is C24H23Cl2NO2. The third kappa shape index (κ3) is 3.37. The van der Waals surface area contributed by atoms with Crippen molar-refractivity contribution in [3.63, 3.8) is 0 Å². The molecule has 0 amide bonds. The predicted molar refractivity (Wildman–Crippen MR) is 117 cm³/mol. The van der Waals surface area contributed by atoms with Gasteiger partial charge in [-0.25, -0.2) is 0 Å². The molecule has 0 spiro atoms. The first-order valence-corrected chi connectivity index (χ1v) is 10.2. The van der Waals surface area contributed by atoms with Crippen LogP contribution in [0.4, 0.5) is 0 Å². The van der Waals surface area contributed by atoms with Crippen LogP contribution in [0.15, 0.2) is 66.7 Å². The van der Waals surface area contributed by atoms with E-state index in [4.69, 9.17) is 27.9 Å². The smallest absolute Gasteiger partial charge is 0.193 e. The van der Waals surface area contributed by atoms with Gasteiger partial charge in [0.15, 0.2) is 5.79 Å². The molecule has 1 heterocycles. The first kappa shape index (κ1) is 20.4. The van der Waals surface area contributed by atoms with Gasteiger partial charge >= 0.3 is 0 Å². The fraction of sp³-hybridized carbons (Fsp3) is 0.250. The van der Waals surface area contributed by atoms with Gasteiger partial charge in [0.2, 0.25) is 0 Å². The predicted octanol–water partition coefficient (Wildman–Crippen LogP) is 5.54. The maximum atomic E-state index is 11.3. The van der Waals surface area contributed by atoms with Crippen LogP contribution in [-0.4, -0.2) is 24.1 Å². The molecule has 0 saturated heterocycles. The van der Waals surface area contributed by atoms with Gasteiger partial charge in [0, 0.05) is 27.7 Å². The van der Waals surface area contributed by atoms with Gasteiger partial charge in [0.05, 0.1) is 0 Å². The molecule has 29 heavy (non-hydrogen) atoms. The number of aliphatic hydroxyl groups is 1. The third-order valence-electron chi connectivity index (χ3n) is 5.34. The van der Waals surface area contributed by atoms with Crippen LogP contribution >= 0.6 is 23.2 Å². The van der Waals surface area contributed by atoms with Gasteiger partial charge in [-0.1, -0.05) is 71.7 Å². The van der Waals surface area contributed by atoms with Gasteiger partial charge < -0.3 is 14.7 Å². The summed E-state index contributed by atoms with van der Waals surface area (Å²) in [5, 5.41) is 12.4. The van der Waals surface area contributed by atoms with Crippen molar-refractivity contribution in [2.45, 2.75) is 24.9 Å². The molecule has 5 heteroatoms. The highest BCUT2D eigenvalue weighted by molar-refractivity contribution is 6.31. The van der Waals surface area contributed by atoms with Crippen molar-refractivity contribution in [2.24, 2.45) is 0 Å². The lowest BCUT2D eigenvalue weighted by molar-refractivity contribution is -0.225. The summed E-state index contributed by atoms with van der Waals surface area (Å²) in [4.78, 5) is 2.11. The molecular weight excluding hydrogens is 405 g/mol. The van der Waals surface area contributed by atoms with Crippen molar-refractivity contribution < 1.29 is 9.84 Å². The Bertz CT molecular complexity index is 1050. The average molecular weight is 428 g/mol. The number of halogens is 2. The van der Waals surface area contributed by atoms with Crippen molar-refractivity contribution in [3.8, 4) is 0 Å². The Hall–Kier alpha value is -1.88. The minimum absolute atomic E-state index is 0.480. The van der Waals surface area contributed by atoms with Crippen LogP contribution in [0.1, 0.15) is 34.7 Å². The Morgan fingerprint density at radius 2 is 1.55 bits per heavy atom. The molecule has 1 aliphatic heterocycles. The molecule has 0 bridgehead atoms. The summed E-state index contributed by atoms with van der Waals surface area (Å²) in [7, 11) is 4.06. The van der Waals surface area contributed by atoms with E-state index >= 15 is 0 Å². The van der Waals surface area contributed by atoms with Crippen LogP contribution < -0.4 is 0 Å². The van der Waals surface area contributed by atoms with E-state index in [-0.39, 0.29) is 0 Å². The van der Waals surface area contributed by atoms with Crippen LogP contribution in [-0.2, 0) is 22.7 Å². The van der Waals surface area contributed by atoms with E-state index in [0.717, 1.165) is 28.8 Å². The minimum atomic E-state index is -1.54. The zero-order valence-corrected chi connectivity index (χ0v) is 18.1. The van der Waals surface area contributed by atoms with Crippen molar-refractivity contribution in [2.75, 3.05) is 14.1 Å². The second-order valence-electron chi connectivity index (χ2n) is 7.83. The van der Waals surface area contributed by atoms with Crippen molar-refractivity contribution in [3.05, 3.63) is 105 Å². The van der Waals surface area contributed by atoms with Crippen molar-refractivity contribution in [1.82, 2.24) is 4.90 Å². The van der Waals surface area contributed by atoms with Crippen LogP contribution in [0.3, 0.4) is 0 Å². The Morgan fingerprint density at radius 3 is 2.24 bits per heavy atom. The maximum Gasteiger partial charge on any atom is 0.193 e. The van der Waals surface area contributed by atoms with E-state index in [1.54, 1.807) is 13.0 Å². The van der Waals surface area contributed by atoms with Gasteiger partial charge in [-0.2, -0.15) is 0 Å². The zero-order chi connectivity index (χ0) is 20.8. The molecule has 0 fully saturated rings. The lowest BCUT2D eigenvalue weighted by Gasteiger charge is -2.35. The lowest BCUT2D eigenvalue weighted by atomic mass is 9.77. The van der Waals surface area contributed by atoms with Crippen LogP contribution in [0.25, 0.3) is 0 Å². The van der Waals surface area contributed by atoms with Crippen LogP contribution in [0.2, 0.25) is 10.0 Å². The first-order chi connectivity index (χ1) is 13.8. The second-order valence-corrected chi connectivity index (χ2v) is 8.67. The summed E-state index contributed by atoms with van der Waals surface area (Å²) >= 11 is 12.7. The van der Waals surface area contributed by atoms with Gasteiger partial charge in [-0.15, -0.1) is 0 Å². The summed E-state index contributed by atoms with van der Waals surface area (Å²) < 4.78 is 6.53. The summed E-state index contributed by atoms with van der Waals surface area (Å²) in [5.74, 6) is -1.54. The van der Waals surface area contributed by atoms with Gasteiger partial charge in [-0.05, 0) is 55.9 Å². The summed E-state index contributed by atoms with van der Waals surface area (Å²) in [5.41, 5.74) is 3.38. The highest BCUT2D eigenvalue weighted by atomic mass is 35.5. The number of hydrogen-bond donors (Lipinski definition) is 1. The van der Waals surface area contributed by atoms with E-state index in [2.05, 4.69) is 17.0 Å². The molecule has 1 aliphatic rings. The SMILES string of the molecule is CN(C)Cc1ccccc1C1(c2ccc(Cl)cc2)OC(C)(O)c2c(Cl)cccc21. The monoisotopic (exact) mass is 427 g/mol. The van der Waals surface area contributed by atoms with Crippen molar-refractivity contribution in [1.29, 1.82) is 0 Å². The van der Waals surface area contributed by atoms with Crippen LogP contribution in [0.5, 0.6) is 0 Å². The highest BCUT2D eigenvalue weighted by Crippen LogP contribution is 2.55. The molecule has 150 valence electrons. The minimum Gasteiger partial charge on any atom is -0.362 e. The Kier molecular flexibility index (Phi) is 5.22. The topological polar surface area (TPSA) is 32.7 Å². The summed E-state index contributed by atoms with van der Waals surface area (Å²) in [6, 6.07) is 21.4. The molecule has 3 nitrogen and oxygen atoms in total. The van der Waals surface area contributed by atoms with E-state index < -0.39 is 11.4 Å². The largest absolute Gasteiger partial charge is 0.362 e. The van der Waals surface area contributed by atoms with Gasteiger partial charge in [0.25, 0.3) is 0 Å². The molecule has 0 aromatic heterocycles.